The molecule has 0 aliphatic carbocycles. The van der Waals surface area contributed by atoms with Gasteiger partial charge in [0.15, 0.2) is 0 Å². The highest BCUT2D eigenvalue weighted by molar-refractivity contribution is 6.03. The molecule has 3 rings (SSSR count). The van der Waals surface area contributed by atoms with Gasteiger partial charge in [0, 0.05) is 17.8 Å². The number of aromatic nitrogens is 3. The van der Waals surface area contributed by atoms with Crippen molar-refractivity contribution in [2.24, 2.45) is 0 Å². The number of hydrogen-bond acceptors (Lipinski definition) is 3. The molecule has 0 fully saturated rings. The number of hydrogen-bond donors (Lipinski definition) is 2. The number of anilines is 1. The first-order chi connectivity index (χ1) is 8.83. The van der Waals surface area contributed by atoms with E-state index in [1.165, 1.54) is 0 Å². The van der Waals surface area contributed by atoms with Gasteiger partial charge in [-0.1, -0.05) is 6.07 Å². The second-order valence-electron chi connectivity index (χ2n) is 3.81. The van der Waals surface area contributed by atoms with Gasteiger partial charge in [0.25, 0.3) is 5.91 Å². The Kier molecular flexibility index (Phi) is 2.49. The van der Waals surface area contributed by atoms with Gasteiger partial charge in [0.2, 0.25) is 0 Å². The summed E-state index contributed by atoms with van der Waals surface area (Å²) >= 11 is 0. The molecule has 0 spiro atoms. The highest BCUT2D eigenvalue weighted by atomic mass is 16.1. The number of aromatic amines is 1. The SMILES string of the molecule is O=C(Nc1cnc2[nH]ccc2c1)c1ccccn1. The molecule has 0 saturated carbocycles. The molecule has 0 aliphatic rings. The summed E-state index contributed by atoms with van der Waals surface area (Å²) < 4.78 is 0. The van der Waals surface area contributed by atoms with Crippen LogP contribution in [0.5, 0.6) is 0 Å². The smallest absolute Gasteiger partial charge is 0.274 e. The van der Waals surface area contributed by atoms with Crippen molar-refractivity contribution in [1.29, 1.82) is 0 Å². The monoisotopic (exact) mass is 238 g/mol. The van der Waals surface area contributed by atoms with Crippen molar-refractivity contribution < 1.29 is 4.79 Å². The predicted molar refractivity (Wildman–Crippen MR) is 68.3 cm³/mol. The van der Waals surface area contributed by atoms with E-state index in [4.69, 9.17) is 0 Å². The van der Waals surface area contributed by atoms with Crippen LogP contribution in [0.15, 0.2) is 48.9 Å². The molecular formula is C13H10N4O. The second-order valence-corrected chi connectivity index (χ2v) is 3.81. The van der Waals surface area contributed by atoms with E-state index in [-0.39, 0.29) is 5.91 Å². The molecule has 5 heteroatoms. The van der Waals surface area contributed by atoms with Crippen LogP contribution in [-0.2, 0) is 0 Å². The standard InChI is InChI=1S/C13H10N4O/c18-13(11-3-1-2-5-14-11)17-10-7-9-4-6-15-12(9)16-8-10/h1-8H,(H,15,16)(H,17,18). The van der Waals surface area contributed by atoms with E-state index in [0.717, 1.165) is 11.0 Å². The maximum atomic E-state index is 11.9. The largest absolute Gasteiger partial charge is 0.346 e. The van der Waals surface area contributed by atoms with E-state index in [1.54, 1.807) is 30.6 Å². The molecule has 0 radical (unpaired) electrons. The molecular weight excluding hydrogens is 228 g/mol. The minimum Gasteiger partial charge on any atom is -0.346 e. The van der Waals surface area contributed by atoms with Crippen molar-refractivity contribution in [3.8, 4) is 0 Å². The highest BCUT2D eigenvalue weighted by Crippen LogP contribution is 2.15. The Hall–Kier alpha value is -2.69. The molecule has 18 heavy (non-hydrogen) atoms. The first-order valence-electron chi connectivity index (χ1n) is 5.48. The molecule has 0 saturated heterocycles. The Bertz CT molecular complexity index is 690. The van der Waals surface area contributed by atoms with Crippen LogP contribution >= 0.6 is 0 Å². The fraction of sp³-hybridized carbons (Fsp3) is 0. The average molecular weight is 238 g/mol. The van der Waals surface area contributed by atoms with Crippen LogP contribution in [-0.4, -0.2) is 20.9 Å². The third-order valence-electron chi connectivity index (χ3n) is 2.56. The van der Waals surface area contributed by atoms with Crippen molar-refractivity contribution in [2.75, 3.05) is 5.32 Å². The highest BCUT2D eigenvalue weighted by Gasteiger charge is 2.07. The number of fused-ring (bicyclic) bond motifs is 1. The predicted octanol–water partition coefficient (Wildman–Crippen LogP) is 2.21. The van der Waals surface area contributed by atoms with Crippen LogP contribution in [0.3, 0.4) is 0 Å². The lowest BCUT2D eigenvalue weighted by molar-refractivity contribution is 0.102. The summed E-state index contributed by atoms with van der Waals surface area (Å²) in [4.78, 5) is 23.1. The number of nitrogens with one attached hydrogen (secondary N) is 2. The fourth-order valence-electron chi connectivity index (χ4n) is 1.70. The van der Waals surface area contributed by atoms with Crippen LogP contribution in [0.4, 0.5) is 5.69 Å². The van der Waals surface area contributed by atoms with E-state index < -0.39 is 0 Å². The first kappa shape index (κ1) is 10.5. The van der Waals surface area contributed by atoms with Crippen LogP contribution in [0.2, 0.25) is 0 Å². The van der Waals surface area contributed by atoms with Crippen molar-refractivity contribution in [3.05, 3.63) is 54.6 Å². The topological polar surface area (TPSA) is 70.7 Å². The lowest BCUT2D eigenvalue weighted by atomic mass is 10.3. The van der Waals surface area contributed by atoms with Gasteiger partial charge in [-0.3, -0.25) is 9.78 Å². The maximum Gasteiger partial charge on any atom is 0.274 e. The van der Waals surface area contributed by atoms with Gasteiger partial charge in [-0.15, -0.1) is 0 Å². The Morgan fingerprint density at radius 2 is 2.17 bits per heavy atom. The Morgan fingerprint density at radius 3 is 3.00 bits per heavy atom. The van der Waals surface area contributed by atoms with Crippen molar-refractivity contribution in [2.45, 2.75) is 0 Å². The summed E-state index contributed by atoms with van der Waals surface area (Å²) in [6.45, 7) is 0. The third kappa shape index (κ3) is 1.93. The molecule has 0 aliphatic heterocycles. The van der Waals surface area contributed by atoms with Gasteiger partial charge in [0.05, 0.1) is 11.9 Å². The molecule has 0 aromatic carbocycles. The van der Waals surface area contributed by atoms with Crippen LogP contribution in [0.25, 0.3) is 11.0 Å². The van der Waals surface area contributed by atoms with Crippen LogP contribution in [0, 0.1) is 0 Å². The summed E-state index contributed by atoms with van der Waals surface area (Å²) in [5.41, 5.74) is 1.83. The van der Waals surface area contributed by atoms with Gasteiger partial charge < -0.3 is 10.3 Å². The Balaban J connectivity index is 1.86. The molecule has 2 N–H and O–H groups in total. The molecule has 0 bridgehead atoms. The van der Waals surface area contributed by atoms with Crippen LogP contribution < -0.4 is 5.32 Å². The Labute approximate surface area is 103 Å². The first-order valence-corrected chi connectivity index (χ1v) is 5.48. The molecule has 1 amide bonds. The summed E-state index contributed by atoms with van der Waals surface area (Å²) in [5.74, 6) is -0.243. The molecule has 5 nitrogen and oxygen atoms in total. The lowest BCUT2D eigenvalue weighted by Gasteiger charge is -2.03. The molecule has 3 aromatic heterocycles. The van der Waals surface area contributed by atoms with Gasteiger partial charge in [-0.2, -0.15) is 0 Å². The van der Waals surface area contributed by atoms with Gasteiger partial charge in [-0.05, 0) is 24.3 Å². The minimum absolute atomic E-state index is 0.243. The summed E-state index contributed by atoms with van der Waals surface area (Å²) in [6, 6.07) is 8.97. The number of rotatable bonds is 2. The van der Waals surface area contributed by atoms with Gasteiger partial charge in [0.1, 0.15) is 11.3 Å². The molecule has 0 unspecified atom stereocenters. The summed E-state index contributed by atoms with van der Waals surface area (Å²) in [6.07, 6.45) is 5.00. The maximum absolute atomic E-state index is 11.9. The number of carbonyl (C=O) groups is 1. The second kappa shape index (κ2) is 4.29. The average Bonchev–Trinajstić information content (AvgIpc) is 2.87. The zero-order valence-electron chi connectivity index (χ0n) is 9.42. The number of pyridine rings is 2. The zero-order chi connectivity index (χ0) is 12.4. The van der Waals surface area contributed by atoms with Crippen molar-refractivity contribution in [1.82, 2.24) is 15.0 Å². The minimum atomic E-state index is -0.243. The molecule has 88 valence electrons. The number of H-pyrrole nitrogens is 1. The van der Waals surface area contributed by atoms with E-state index in [2.05, 4.69) is 20.3 Å². The summed E-state index contributed by atoms with van der Waals surface area (Å²) in [7, 11) is 0. The van der Waals surface area contributed by atoms with Crippen LogP contribution in [0.1, 0.15) is 10.5 Å². The van der Waals surface area contributed by atoms with Crippen molar-refractivity contribution >= 4 is 22.6 Å². The normalized spacial score (nSPS) is 10.4. The molecule has 3 aromatic rings. The van der Waals surface area contributed by atoms with Gasteiger partial charge >= 0.3 is 0 Å². The quantitative estimate of drug-likeness (QED) is 0.719. The van der Waals surface area contributed by atoms with E-state index in [1.807, 2.05) is 18.3 Å². The lowest BCUT2D eigenvalue weighted by Crippen LogP contribution is -2.13. The molecule has 3 heterocycles. The van der Waals surface area contributed by atoms with E-state index in [0.29, 0.717) is 11.4 Å². The van der Waals surface area contributed by atoms with Gasteiger partial charge in [-0.25, -0.2) is 4.98 Å². The Morgan fingerprint density at radius 1 is 1.22 bits per heavy atom. The third-order valence-corrected chi connectivity index (χ3v) is 2.56. The van der Waals surface area contributed by atoms with Crippen molar-refractivity contribution in [3.63, 3.8) is 0 Å². The fourth-order valence-corrected chi connectivity index (χ4v) is 1.70. The molecule has 0 atom stereocenters. The number of carbonyl (C=O) groups excluding carboxylic acids is 1. The number of amides is 1. The van der Waals surface area contributed by atoms with E-state index >= 15 is 0 Å². The zero-order valence-corrected chi connectivity index (χ0v) is 9.42. The summed E-state index contributed by atoms with van der Waals surface area (Å²) in [5, 5.41) is 3.71. The number of nitrogens with zero attached hydrogens (tertiary/aromatic N) is 2. The van der Waals surface area contributed by atoms with E-state index in [9.17, 15) is 4.79 Å².